The van der Waals surface area contributed by atoms with Crippen LogP contribution in [0, 0.1) is 10.8 Å². The second-order valence-electron chi connectivity index (χ2n) is 18.3. The lowest BCUT2D eigenvalue weighted by Crippen LogP contribution is -2.59. The monoisotopic (exact) mass is 841 g/mol. The molecule has 5 aromatic rings. The first-order valence-electron chi connectivity index (χ1n) is 21.2. The van der Waals surface area contributed by atoms with Crippen LogP contribution in [0.4, 0.5) is 9.59 Å². The summed E-state index contributed by atoms with van der Waals surface area (Å²) in [6, 6.07) is 29.0. The van der Waals surface area contributed by atoms with E-state index in [0.717, 1.165) is 38.9 Å². The lowest BCUT2D eigenvalue weighted by molar-refractivity contribution is -0.130. The number of benzene rings is 3. The Bertz CT molecular complexity index is 2310. The third kappa shape index (κ3) is 11.5. The minimum Gasteiger partial charge on any atom is -0.465 e. The molecule has 3 aromatic carbocycles. The van der Waals surface area contributed by atoms with Crippen molar-refractivity contribution in [2.45, 2.75) is 97.6 Å². The van der Waals surface area contributed by atoms with Gasteiger partial charge in [0, 0.05) is 49.0 Å². The Kier molecular flexibility index (Phi) is 14.3. The molecule has 13 heteroatoms. The molecule has 1 fully saturated rings. The van der Waals surface area contributed by atoms with Gasteiger partial charge < -0.3 is 36.0 Å². The summed E-state index contributed by atoms with van der Waals surface area (Å²) >= 11 is 0. The van der Waals surface area contributed by atoms with Crippen molar-refractivity contribution >= 4 is 34.8 Å². The van der Waals surface area contributed by atoms with Crippen molar-refractivity contribution in [1.82, 2.24) is 35.7 Å². The summed E-state index contributed by atoms with van der Waals surface area (Å²) in [5.74, 6) is -0.929. The normalized spacial score (nSPS) is 15.7. The number of carbonyl (C=O) groups is 4. The first-order chi connectivity index (χ1) is 29.5. The number of aliphatic hydroxyl groups excluding tert-OH is 1. The molecule has 5 N–H and O–H groups in total. The third-order valence-corrected chi connectivity index (χ3v) is 11.4. The topological polar surface area (TPSA) is 177 Å². The van der Waals surface area contributed by atoms with E-state index in [1.807, 2.05) is 124 Å². The van der Waals surface area contributed by atoms with E-state index in [4.69, 9.17) is 0 Å². The van der Waals surface area contributed by atoms with Crippen LogP contribution in [0.2, 0.25) is 0 Å². The van der Waals surface area contributed by atoms with E-state index in [2.05, 4.69) is 25.9 Å². The van der Waals surface area contributed by atoms with Crippen LogP contribution in [0.1, 0.15) is 64.7 Å². The van der Waals surface area contributed by atoms with Crippen molar-refractivity contribution in [2.75, 3.05) is 13.1 Å². The van der Waals surface area contributed by atoms with E-state index in [1.54, 1.807) is 43.0 Å². The molecule has 6 rings (SSSR count). The van der Waals surface area contributed by atoms with Gasteiger partial charge in [0.25, 0.3) is 0 Å². The van der Waals surface area contributed by atoms with E-state index in [-0.39, 0.29) is 24.8 Å². The van der Waals surface area contributed by atoms with Crippen molar-refractivity contribution in [3.63, 3.8) is 0 Å². The number of carboxylic acid groups (broad SMARTS) is 1. The molecule has 2 aromatic heterocycles. The fraction of sp³-hybridized carbons (Fsp3) is 0.388. The lowest BCUT2D eigenvalue weighted by Gasteiger charge is -2.38. The van der Waals surface area contributed by atoms with Crippen molar-refractivity contribution in [3.05, 3.63) is 132 Å². The molecule has 0 radical (unpaired) electrons. The van der Waals surface area contributed by atoms with Gasteiger partial charge in [-0.1, -0.05) is 120 Å². The number of nitrogens with one attached hydrogen (secondary N) is 3. The Morgan fingerprint density at radius 2 is 1.39 bits per heavy atom. The van der Waals surface area contributed by atoms with Gasteiger partial charge in [-0.05, 0) is 71.0 Å². The molecule has 326 valence electrons. The maximum Gasteiger partial charge on any atom is 0.405 e. The lowest BCUT2D eigenvalue weighted by atomic mass is 9.84. The largest absolute Gasteiger partial charge is 0.465 e. The number of aliphatic hydroxyl groups is 1. The molecule has 3 heterocycles. The Labute approximate surface area is 364 Å². The van der Waals surface area contributed by atoms with Crippen LogP contribution >= 0.6 is 0 Å². The minimum absolute atomic E-state index is 0.0379. The first kappa shape index (κ1) is 45.2. The summed E-state index contributed by atoms with van der Waals surface area (Å²) < 4.78 is 0. The van der Waals surface area contributed by atoms with Gasteiger partial charge in [-0.3, -0.25) is 19.6 Å². The summed E-state index contributed by atoms with van der Waals surface area (Å²) in [6.07, 6.45) is 1.54. The van der Waals surface area contributed by atoms with Gasteiger partial charge >= 0.3 is 12.1 Å². The molecule has 5 amide bonds. The molecule has 1 aliphatic rings. The number of amides is 5. The highest BCUT2D eigenvalue weighted by Crippen LogP contribution is 2.30. The zero-order chi connectivity index (χ0) is 44.6. The molecule has 13 nitrogen and oxygen atoms in total. The van der Waals surface area contributed by atoms with Crippen LogP contribution in [0.5, 0.6) is 0 Å². The molecular weight excluding hydrogens is 783 g/mol. The highest BCUT2D eigenvalue weighted by molar-refractivity contribution is 5.89. The minimum atomic E-state index is -1.34. The number of para-hydroxylation sites is 1. The number of aromatic nitrogens is 2. The van der Waals surface area contributed by atoms with Crippen molar-refractivity contribution in [1.29, 1.82) is 0 Å². The van der Waals surface area contributed by atoms with E-state index in [1.165, 1.54) is 0 Å². The molecule has 0 unspecified atom stereocenters. The molecule has 0 saturated carbocycles. The van der Waals surface area contributed by atoms with Crippen molar-refractivity contribution < 1.29 is 29.4 Å². The first-order valence-corrected chi connectivity index (χ1v) is 21.2. The summed E-state index contributed by atoms with van der Waals surface area (Å²) in [5, 5.41) is 31.4. The Hall–Kier alpha value is -6.34. The Morgan fingerprint density at radius 3 is 2.05 bits per heavy atom. The van der Waals surface area contributed by atoms with Gasteiger partial charge in [-0.25, -0.2) is 9.59 Å². The average Bonchev–Trinajstić information content (AvgIpc) is 3.57. The van der Waals surface area contributed by atoms with Crippen LogP contribution in [-0.2, 0) is 29.0 Å². The van der Waals surface area contributed by atoms with Crippen LogP contribution in [-0.4, -0.2) is 97.3 Å². The number of hydrogen-bond acceptors (Lipinski definition) is 7. The predicted octanol–water partition coefficient (Wildman–Crippen LogP) is 6.84. The fourth-order valence-corrected chi connectivity index (χ4v) is 8.26. The van der Waals surface area contributed by atoms with Gasteiger partial charge in [-0.15, -0.1) is 0 Å². The van der Waals surface area contributed by atoms with Crippen LogP contribution in [0.25, 0.3) is 22.2 Å². The highest BCUT2D eigenvalue weighted by Gasteiger charge is 2.44. The Balaban J connectivity index is 1.25. The third-order valence-electron chi connectivity index (χ3n) is 11.4. The second-order valence-corrected chi connectivity index (χ2v) is 18.3. The molecule has 62 heavy (non-hydrogen) atoms. The molecular formula is C49H59N7O6. The molecule has 1 saturated heterocycles. The van der Waals surface area contributed by atoms with E-state index in [9.17, 15) is 29.4 Å². The zero-order valence-corrected chi connectivity index (χ0v) is 36.4. The van der Waals surface area contributed by atoms with Crippen molar-refractivity contribution in [2.24, 2.45) is 10.8 Å². The molecule has 1 aliphatic heterocycles. The predicted molar refractivity (Wildman–Crippen MR) is 240 cm³/mol. The van der Waals surface area contributed by atoms with Gasteiger partial charge in [0.05, 0.1) is 23.4 Å². The molecule has 0 bridgehead atoms. The molecule has 0 spiro atoms. The van der Waals surface area contributed by atoms with Crippen molar-refractivity contribution in [3.8, 4) is 11.3 Å². The zero-order valence-electron chi connectivity index (χ0n) is 36.4. The number of urea groups is 1. The van der Waals surface area contributed by atoms with Crippen LogP contribution < -0.4 is 16.0 Å². The number of hydrogen-bond donors (Lipinski definition) is 5. The number of carbonyl (C=O) groups excluding carboxylic acids is 3. The number of nitrogens with zero attached hydrogens (tertiary/aromatic N) is 4. The number of pyridine rings is 2. The van der Waals surface area contributed by atoms with E-state index < -0.39 is 53.1 Å². The number of rotatable bonds is 16. The molecule has 5 atom stereocenters. The van der Waals surface area contributed by atoms with E-state index in [0.29, 0.717) is 26.1 Å². The van der Waals surface area contributed by atoms with Gasteiger partial charge in [0.2, 0.25) is 11.8 Å². The summed E-state index contributed by atoms with van der Waals surface area (Å²) in [4.78, 5) is 66.9. The van der Waals surface area contributed by atoms with Crippen LogP contribution in [0.15, 0.2) is 116 Å². The van der Waals surface area contributed by atoms with Gasteiger partial charge in [0.15, 0.2) is 0 Å². The SMILES string of the molecule is CC(C)(C)[C@H](NC(=O)O)C(=O)N[C@@H](Cc1ccc(-c2ccccn2)cc1)[C@H](O)C[C@H](Cc1ccccc1)NC(=O)[C@@H](N1CCN(Cc2ccnc3ccccc23)C1=O)C(C)(C)C. The fourth-order valence-electron chi connectivity index (χ4n) is 8.26. The van der Waals surface area contributed by atoms with Crippen LogP contribution in [0.3, 0.4) is 0 Å². The number of fused-ring (bicyclic) bond motifs is 1. The Morgan fingerprint density at radius 1 is 0.710 bits per heavy atom. The standard InChI is InChI=1S/C49H59N7O6/c1-48(2,3)42(54-46(60)61)44(58)53-40(29-33-19-21-34(22-20-33)38-17-12-13-24-50-38)41(57)30-36(28-32-14-8-7-9-15-32)52-45(59)43(49(4,5)6)56-27-26-55(47(56)62)31-35-23-25-51-39-18-11-10-16-37(35)39/h7-25,36,40-43,54,57H,26-31H2,1-6H3,(H,52,59)(H,53,58)(H,60,61)/t36-,40-,41+,42+,43+/m0/s1. The quantitative estimate of drug-likeness (QED) is 0.0718. The maximum absolute atomic E-state index is 14.7. The average molecular weight is 842 g/mol. The summed E-state index contributed by atoms with van der Waals surface area (Å²) in [7, 11) is 0. The maximum atomic E-state index is 14.7. The molecule has 0 aliphatic carbocycles. The van der Waals surface area contributed by atoms with Gasteiger partial charge in [-0.2, -0.15) is 0 Å². The smallest absolute Gasteiger partial charge is 0.405 e. The van der Waals surface area contributed by atoms with E-state index >= 15 is 0 Å². The highest BCUT2D eigenvalue weighted by atomic mass is 16.4. The van der Waals surface area contributed by atoms with Gasteiger partial charge in [0.1, 0.15) is 12.1 Å². The second kappa shape index (κ2) is 19.6. The summed E-state index contributed by atoms with van der Waals surface area (Å²) in [5.41, 5.74) is 3.81. The summed E-state index contributed by atoms with van der Waals surface area (Å²) in [6.45, 7) is 12.3.